The Balaban J connectivity index is 1.47. The maximum absolute atomic E-state index is 10.3. The summed E-state index contributed by atoms with van der Waals surface area (Å²) in [4.78, 5) is 2.58. The first-order chi connectivity index (χ1) is 10.2. The molecule has 2 fully saturated rings. The van der Waals surface area contributed by atoms with Crippen molar-refractivity contribution >= 4 is 15.9 Å². The number of rotatable bonds is 4. The van der Waals surface area contributed by atoms with Gasteiger partial charge in [-0.2, -0.15) is 0 Å². The van der Waals surface area contributed by atoms with E-state index in [1.807, 2.05) is 24.3 Å². The number of benzene rings is 1. The number of aliphatic hydroxyl groups excluding tert-OH is 1. The van der Waals surface area contributed by atoms with E-state index in [-0.39, 0.29) is 6.10 Å². The third-order valence-corrected chi connectivity index (χ3v) is 5.88. The van der Waals surface area contributed by atoms with Gasteiger partial charge in [-0.3, -0.25) is 0 Å². The monoisotopic (exact) mass is 351 g/mol. The zero-order valence-corrected chi connectivity index (χ0v) is 14.3. The summed E-state index contributed by atoms with van der Waals surface area (Å²) in [5.74, 6) is 1.92. The van der Waals surface area contributed by atoms with E-state index < -0.39 is 0 Å². The number of hydrogen-bond donors (Lipinski definition) is 1. The third kappa shape index (κ3) is 4.08. The number of piperidine rings is 1. The molecule has 2 aliphatic rings. The van der Waals surface area contributed by atoms with Gasteiger partial charge in [0.25, 0.3) is 0 Å². The van der Waals surface area contributed by atoms with Crippen LogP contribution >= 0.6 is 15.9 Å². The van der Waals surface area contributed by atoms with E-state index in [9.17, 15) is 5.11 Å². The summed E-state index contributed by atoms with van der Waals surface area (Å²) in [6.45, 7) is 3.52. The van der Waals surface area contributed by atoms with Gasteiger partial charge in [0.05, 0.1) is 6.10 Å². The molecule has 0 amide bonds. The van der Waals surface area contributed by atoms with Crippen molar-refractivity contribution in [2.45, 2.75) is 44.6 Å². The lowest BCUT2D eigenvalue weighted by Crippen LogP contribution is -2.42. The van der Waals surface area contributed by atoms with Crippen LogP contribution in [-0.4, -0.2) is 29.6 Å². The molecule has 1 aromatic carbocycles. The van der Waals surface area contributed by atoms with E-state index in [1.54, 1.807) is 0 Å². The van der Waals surface area contributed by atoms with Crippen LogP contribution in [0.2, 0.25) is 0 Å². The largest absolute Gasteiger partial charge is 0.388 e. The Kier molecular flexibility index (Phi) is 5.36. The molecule has 2 nitrogen and oxygen atoms in total. The molecule has 0 bridgehead atoms. The lowest BCUT2D eigenvalue weighted by Gasteiger charge is -2.41. The Morgan fingerprint density at radius 2 is 1.81 bits per heavy atom. The number of nitrogens with zero attached hydrogens (tertiary/aromatic N) is 1. The van der Waals surface area contributed by atoms with Crippen LogP contribution in [0.15, 0.2) is 28.7 Å². The van der Waals surface area contributed by atoms with Crippen LogP contribution in [0, 0.1) is 11.8 Å². The standard InChI is InChI=1S/C18H26BrNO/c19-17-7-5-15(6-8-17)18(21)10-12-20-11-9-14-3-1-2-4-16(14)13-20/h5-8,14,16,18,21H,1-4,9-13H2. The van der Waals surface area contributed by atoms with Crippen LogP contribution < -0.4 is 0 Å². The van der Waals surface area contributed by atoms with Gasteiger partial charge in [-0.15, -0.1) is 0 Å². The van der Waals surface area contributed by atoms with Crippen molar-refractivity contribution in [2.24, 2.45) is 11.8 Å². The van der Waals surface area contributed by atoms with Crippen molar-refractivity contribution in [2.75, 3.05) is 19.6 Å². The van der Waals surface area contributed by atoms with E-state index in [0.717, 1.165) is 34.8 Å². The molecule has 0 radical (unpaired) electrons. The molecule has 0 spiro atoms. The number of hydrogen-bond acceptors (Lipinski definition) is 2. The van der Waals surface area contributed by atoms with Crippen molar-refractivity contribution < 1.29 is 5.11 Å². The molecule has 1 heterocycles. The van der Waals surface area contributed by atoms with Crippen molar-refractivity contribution in [3.63, 3.8) is 0 Å². The highest BCUT2D eigenvalue weighted by molar-refractivity contribution is 9.10. The highest BCUT2D eigenvalue weighted by Gasteiger charge is 2.30. The van der Waals surface area contributed by atoms with Crippen LogP contribution in [0.3, 0.4) is 0 Å². The van der Waals surface area contributed by atoms with Crippen LogP contribution in [0.1, 0.15) is 50.2 Å². The Hall–Kier alpha value is -0.380. The molecule has 3 unspecified atom stereocenters. The van der Waals surface area contributed by atoms with Crippen molar-refractivity contribution in [3.05, 3.63) is 34.3 Å². The van der Waals surface area contributed by atoms with Gasteiger partial charge in [0.1, 0.15) is 0 Å². The molecule has 1 saturated heterocycles. The number of fused-ring (bicyclic) bond motifs is 1. The van der Waals surface area contributed by atoms with Crippen LogP contribution in [0.5, 0.6) is 0 Å². The molecule has 0 aromatic heterocycles. The lowest BCUT2D eigenvalue weighted by molar-refractivity contribution is 0.0705. The fourth-order valence-corrected chi connectivity index (χ4v) is 4.30. The van der Waals surface area contributed by atoms with Gasteiger partial charge in [0, 0.05) is 17.6 Å². The predicted octanol–water partition coefficient (Wildman–Crippen LogP) is 4.38. The minimum Gasteiger partial charge on any atom is -0.388 e. The summed E-state index contributed by atoms with van der Waals surface area (Å²) in [5.41, 5.74) is 1.03. The predicted molar refractivity (Wildman–Crippen MR) is 90.2 cm³/mol. The van der Waals surface area contributed by atoms with Crippen LogP contribution in [0.25, 0.3) is 0 Å². The van der Waals surface area contributed by atoms with E-state index >= 15 is 0 Å². The second-order valence-electron chi connectivity index (χ2n) is 6.75. The first kappa shape index (κ1) is 15.5. The van der Waals surface area contributed by atoms with Crippen LogP contribution in [-0.2, 0) is 0 Å². The Morgan fingerprint density at radius 3 is 2.57 bits per heavy atom. The molecule has 116 valence electrons. The van der Waals surface area contributed by atoms with E-state index in [0.29, 0.717) is 0 Å². The minimum absolute atomic E-state index is 0.331. The summed E-state index contributed by atoms with van der Waals surface area (Å²) in [5, 5.41) is 10.3. The topological polar surface area (TPSA) is 23.5 Å². The fraction of sp³-hybridized carbons (Fsp3) is 0.667. The van der Waals surface area contributed by atoms with Crippen LogP contribution in [0.4, 0.5) is 0 Å². The zero-order valence-electron chi connectivity index (χ0n) is 12.7. The lowest BCUT2D eigenvalue weighted by atomic mass is 9.75. The summed E-state index contributed by atoms with van der Waals surface area (Å²) >= 11 is 3.44. The van der Waals surface area contributed by atoms with E-state index in [4.69, 9.17) is 0 Å². The van der Waals surface area contributed by atoms with Crippen molar-refractivity contribution in [1.29, 1.82) is 0 Å². The Labute approximate surface area is 136 Å². The molecule has 1 saturated carbocycles. The third-order valence-electron chi connectivity index (χ3n) is 5.35. The van der Waals surface area contributed by atoms with Crippen molar-refractivity contribution in [3.8, 4) is 0 Å². The maximum atomic E-state index is 10.3. The number of likely N-dealkylation sites (tertiary alicyclic amines) is 1. The Bertz CT molecular complexity index is 447. The number of aliphatic hydroxyl groups is 1. The summed E-state index contributed by atoms with van der Waals surface area (Å²) in [6.07, 6.45) is 7.65. The minimum atomic E-state index is -0.331. The molecule has 3 heteroatoms. The van der Waals surface area contributed by atoms with Crippen molar-refractivity contribution in [1.82, 2.24) is 4.90 Å². The average Bonchev–Trinajstić information content (AvgIpc) is 2.53. The summed E-state index contributed by atoms with van der Waals surface area (Å²) in [7, 11) is 0. The second kappa shape index (κ2) is 7.26. The van der Waals surface area contributed by atoms with Gasteiger partial charge in [-0.05, 0) is 55.3 Å². The molecule has 1 aliphatic heterocycles. The molecule has 1 aromatic rings. The molecule has 21 heavy (non-hydrogen) atoms. The van der Waals surface area contributed by atoms with Gasteiger partial charge in [-0.25, -0.2) is 0 Å². The van der Waals surface area contributed by atoms with E-state index in [2.05, 4.69) is 20.8 Å². The highest BCUT2D eigenvalue weighted by atomic mass is 79.9. The molecule has 3 rings (SSSR count). The zero-order chi connectivity index (χ0) is 14.7. The first-order valence-corrected chi connectivity index (χ1v) is 9.17. The normalized spacial score (nSPS) is 28.1. The first-order valence-electron chi connectivity index (χ1n) is 8.38. The quantitative estimate of drug-likeness (QED) is 0.869. The highest BCUT2D eigenvalue weighted by Crippen LogP contribution is 2.36. The van der Waals surface area contributed by atoms with Gasteiger partial charge >= 0.3 is 0 Å². The SMILES string of the molecule is OC(CCN1CCC2CCCCC2C1)c1ccc(Br)cc1. The summed E-state index contributed by atoms with van der Waals surface area (Å²) in [6, 6.07) is 8.04. The number of halogens is 1. The molecular weight excluding hydrogens is 326 g/mol. The Morgan fingerprint density at radius 1 is 1.10 bits per heavy atom. The fourth-order valence-electron chi connectivity index (χ4n) is 4.04. The molecule has 3 atom stereocenters. The smallest absolute Gasteiger partial charge is 0.0802 e. The summed E-state index contributed by atoms with van der Waals surface area (Å²) < 4.78 is 1.07. The molecular formula is C18H26BrNO. The van der Waals surface area contributed by atoms with Gasteiger partial charge in [-0.1, -0.05) is 47.3 Å². The average molecular weight is 352 g/mol. The van der Waals surface area contributed by atoms with Gasteiger partial charge < -0.3 is 10.0 Å². The maximum Gasteiger partial charge on any atom is 0.0802 e. The molecule has 1 aliphatic carbocycles. The van der Waals surface area contributed by atoms with Gasteiger partial charge in [0.2, 0.25) is 0 Å². The molecule has 1 N–H and O–H groups in total. The van der Waals surface area contributed by atoms with E-state index in [1.165, 1.54) is 45.2 Å². The van der Waals surface area contributed by atoms with Gasteiger partial charge in [0.15, 0.2) is 0 Å². The second-order valence-corrected chi connectivity index (χ2v) is 7.67.